The van der Waals surface area contributed by atoms with Crippen molar-refractivity contribution in [1.29, 1.82) is 0 Å². The summed E-state index contributed by atoms with van der Waals surface area (Å²) in [5.41, 5.74) is 5.34. The Bertz CT molecular complexity index is 241. The molecule has 2 atom stereocenters. The molecule has 1 rings (SSSR count). The average Bonchev–Trinajstić information content (AvgIpc) is 2.23. The predicted octanol–water partition coefficient (Wildman–Crippen LogP) is -1.65. The van der Waals surface area contributed by atoms with E-state index in [1.54, 1.807) is 0 Å². The average molecular weight is 215 g/mol. The van der Waals surface area contributed by atoms with Crippen LogP contribution >= 0.6 is 0 Å². The van der Waals surface area contributed by atoms with Crippen molar-refractivity contribution in [2.75, 3.05) is 20.2 Å². The summed E-state index contributed by atoms with van der Waals surface area (Å²) in [6, 6.07) is -0.449. The number of rotatable bonds is 4. The highest BCUT2D eigenvalue weighted by Crippen LogP contribution is 2.03. The third-order valence-corrected chi connectivity index (χ3v) is 2.39. The van der Waals surface area contributed by atoms with Gasteiger partial charge in [-0.3, -0.25) is 9.59 Å². The number of carbonyl (C=O) groups excluding carboxylic acids is 2. The Balaban J connectivity index is 2.45. The van der Waals surface area contributed by atoms with Gasteiger partial charge in [0.1, 0.15) is 12.1 Å². The zero-order chi connectivity index (χ0) is 11.3. The van der Waals surface area contributed by atoms with E-state index in [0.29, 0.717) is 13.0 Å². The maximum Gasteiger partial charge on any atom is 0.251 e. The molecular weight excluding hydrogens is 198 g/mol. The molecule has 1 aliphatic heterocycles. The Kier molecular flexibility index (Phi) is 4.51. The van der Waals surface area contributed by atoms with Gasteiger partial charge in [0.05, 0.1) is 0 Å². The van der Waals surface area contributed by atoms with E-state index in [2.05, 4.69) is 10.6 Å². The third kappa shape index (κ3) is 3.17. The fourth-order valence-corrected chi connectivity index (χ4v) is 1.48. The highest BCUT2D eigenvalue weighted by Gasteiger charge is 2.26. The smallest absolute Gasteiger partial charge is 0.251 e. The standard InChI is InChI=1S/C9H17N3O3/c1-15-7(5-10)9(14)12-6-3-2-4-11-8(6)13/h6-7H,2-5,10H2,1H3,(H,11,13)(H,12,14). The van der Waals surface area contributed by atoms with Gasteiger partial charge in [0.2, 0.25) is 5.91 Å². The summed E-state index contributed by atoms with van der Waals surface area (Å²) in [5, 5.41) is 5.30. The molecule has 0 spiro atoms. The largest absolute Gasteiger partial charge is 0.370 e. The summed E-state index contributed by atoms with van der Waals surface area (Å²) >= 11 is 0. The Morgan fingerprint density at radius 2 is 2.53 bits per heavy atom. The van der Waals surface area contributed by atoms with Gasteiger partial charge in [-0.1, -0.05) is 0 Å². The fraction of sp³-hybridized carbons (Fsp3) is 0.778. The highest BCUT2D eigenvalue weighted by molar-refractivity contribution is 5.89. The van der Waals surface area contributed by atoms with Crippen molar-refractivity contribution in [1.82, 2.24) is 10.6 Å². The SMILES string of the molecule is COC(CN)C(=O)NC1CCCNC1=O. The van der Waals surface area contributed by atoms with E-state index in [9.17, 15) is 9.59 Å². The van der Waals surface area contributed by atoms with Crippen molar-refractivity contribution in [3.05, 3.63) is 0 Å². The number of hydrogen-bond donors (Lipinski definition) is 3. The minimum atomic E-state index is -0.681. The van der Waals surface area contributed by atoms with Crippen molar-refractivity contribution in [3.8, 4) is 0 Å². The molecule has 6 nitrogen and oxygen atoms in total. The molecule has 2 amide bonds. The zero-order valence-electron chi connectivity index (χ0n) is 8.79. The molecule has 0 aliphatic carbocycles. The lowest BCUT2D eigenvalue weighted by Crippen LogP contribution is -2.53. The van der Waals surface area contributed by atoms with Crippen LogP contribution in [0.15, 0.2) is 0 Å². The lowest BCUT2D eigenvalue weighted by Gasteiger charge is -2.24. The first-order valence-electron chi connectivity index (χ1n) is 5.00. The summed E-state index contributed by atoms with van der Waals surface area (Å²) in [6.07, 6.45) is 0.856. The number of methoxy groups -OCH3 is 1. The Morgan fingerprint density at radius 1 is 1.80 bits per heavy atom. The molecule has 2 unspecified atom stereocenters. The van der Waals surface area contributed by atoms with Crippen LogP contribution in [0.3, 0.4) is 0 Å². The third-order valence-electron chi connectivity index (χ3n) is 2.39. The highest BCUT2D eigenvalue weighted by atomic mass is 16.5. The molecule has 0 aromatic rings. The molecule has 1 aliphatic rings. The van der Waals surface area contributed by atoms with Gasteiger partial charge in [-0.2, -0.15) is 0 Å². The molecule has 1 fully saturated rings. The number of ether oxygens (including phenoxy) is 1. The Hall–Kier alpha value is -1.14. The van der Waals surface area contributed by atoms with Gasteiger partial charge >= 0.3 is 0 Å². The minimum absolute atomic E-state index is 0.108. The first-order valence-corrected chi connectivity index (χ1v) is 5.00. The number of piperidine rings is 1. The second kappa shape index (κ2) is 5.67. The maximum atomic E-state index is 11.5. The number of nitrogens with one attached hydrogen (secondary N) is 2. The van der Waals surface area contributed by atoms with Gasteiger partial charge in [0.15, 0.2) is 0 Å². The van der Waals surface area contributed by atoms with Crippen LogP contribution in [0.1, 0.15) is 12.8 Å². The number of amides is 2. The molecular formula is C9H17N3O3. The van der Waals surface area contributed by atoms with Gasteiger partial charge in [-0.25, -0.2) is 0 Å². The normalized spacial score (nSPS) is 23.1. The van der Waals surface area contributed by atoms with Crippen LogP contribution in [0.25, 0.3) is 0 Å². The van der Waals surface area contributed by atoms with Gasteiger partial charge in [-0.15, -0.1) is 0 Å². The van der Waals surface area contributed by atoms with Crippen LogP contribution in [0.4, 0.5) is 0 Å². The molecule has 0 saturated carbocycles. The Morgan fingerprint density at radius 3 is 3.07 bits per heavy atom. The van der Waals surface area contributed by atoms with E-state index in [0.717, 1.165) is 6.42 Å². The molecule has 6 heteroatoms. The van der Waals surface area contributed by atoms with Gasteiger partial charge < -0.3 is 21.1 Å². The molecule has 0 bridgehead atoms. The fourth-order valence-electron chi connectivity index (χ4n) is 1.48. The maximum absolute atomic E-state index is 11.5. The monoisotopic (exact) mass is 215 g/mol. The van der Waals surface area contributed by atoms with Gasteiger partial charge in [0.25, 0.3) is 5.91 Å². The zero-order valence-corrected chi connectivity index (χ0v) is 8.79. The lowest BCUT2D eigenvalue weighted by atomic mass is 10.1. The van der Waals surface area contributed by atoms with Crippen LogP contribution < -0.4 is 16.4 Å². The van der Waals surface area contributed by atoms with E-state index >= 15 is 0 Å². The first kappa shape index (κ1) is 11.9. The molecule has 0 aromatic heterocycles. The predicted molar refractivity (Wildman–Crippen MR) is 54.0 cm³/mol. The summed E-state index contributed by atoms with van der Waals surface area (Å²) in [6.45, 7) is 0.784. The molecule has 15 heavy (non-hydrogen) atoms. The van der Waals surface area contributed by atoms with Crippen LogP contribution in [0.5, 0.6) is 0 Å². The van der Waals surface area contributed by atoms with Gasteiger partial charge in [-0.05, 0) is 12.8 Å². The molecule has 86 valence electrons. The quantitative estimate of drug-likeness (QED) is 0.524. The summed E-state index contributed by atoms with van der Waals surface area (Å²) in [7, 11) is 1.41. The van der Waals surface area contributed by atoms with Crippen molar-refractivity contribution in [2.45, 2.75) is 25.0 Å². The molecule has 4 N–H and O–H groups in total. The second-order valence-electron chi connectivity index (χ2n) is 3.45. The van der Waals surface area contributed by atoms with E-state index in [4.69, 9.17) is 10.5 Å². The second-order valence-corrected chi connectivity index (χ2v) is 3.45. The molecule has 1 saturated heterocycles. The van der Waals surface area contributed by atoms with Crippen molar-refractivity contribution >= 4 is 11.8 Å². The van der Waals surface area contributed by atoms with E-state index < -0.39 is 12.1 Å². The molecule has 0 aromatic carbocycles. The number of nitrogens with two attached hydrogens (primary N) is 1. The van der Waals surface area contributed by atoms with Crippen LogP contribution in [-0.4, -0.2) is 44.2 Å². The van der Waals surface area contributed by atoms with Crippen molar-refractivity contribution < 1.29 is 14.3 Å². The summed E-state index contributed by atoms with van der Waals surface area (Å²) < 4.78 is 4.87. The van der Waals surface area contributed by atoms with Crippen molar-refractivity contribution in [3.63, 3.8) is 0 Å². The number of hydrogen-bond acceptors (Lipinski definition) is 4. The Labute approximate surface area is 88.5 Å². The molecule has 0 radical (unpaired) electrons. The topological polar surface area (TPSA) is 93.4 Å². The lowest BCUT2D eigenvalue weighted by molar-refractivity contribution is -0.135. The van der Waals surface area contributed by atoms with Crippen LogP contribution in [0.2, 0.25) is 0 Å². The number of carbonyl (C=O) groups is 2. The van der Waals surface area contributed by atoms with Crippen LogP contribution in [-0.2, 0) is 14.3 Å². The van der Waals surface area contributed by atoms with Crippen molar-refractivity contribution in [2.24, 2.45) is 5.73 Å². The van der Waals surface area contributed by atoms with E-state index in [1.165, 1.54) is 7.11 Å². The van der Waals surface area contributed by atoms with Crippen LogP contribution in [0, 0.1) is 0 Å². The first-order chi connectivity index (χ1) is 7.19. The van der Waals surface area contributed by atoms with E-state index in [-0.39, 0.29) is 18.4 Å². The minimum Gasteiger partial charge on any atom is -0.370 e. The summed E-state index contributed by atoms with van der Waals surface area (Å²) in [4.78, 5) is 22.9. The van der Waals surface area contributed by atoms with E-state index in [1.807, 2.05) is 0 Å². The molecule has 1 heterocycles. The van der Waals surface area contributed by atoms with Gasteiger partial charge in [0, 0.05) is 20.2 Å². The summed E-state index contributed by atoms with van der Waals surface area (Å²) in [5.74, 6) is -0.469.